The second-order valence-corrected chi connectivity index (χ2v) is 7.57. The van der Waals surface area contributed by atoms with Gasteiger partial charge in [-0.1, -0.05) is 6.07 Å². The van der Waals surface area contributed by atoms with Gasteiger partial charge in [-0.15, -0.1) is 0 Å². The fourth-order valence-electron chi connectivity index (χ4n) is 2.80. The maximum atomic E-state index is 12.9. The predicted molar refractivity (Wildman–Crippen MR) is 86.0 cm³/mol. The summed E-state index contributed by atoms with van der Waals surface area (Å²) in [6.45, 7) is 2.24. The molecule has 0 N–H and O–H groups in total. The number of hydrogen-bond donors (Lipinski definition) is 0. The number of nitrogens with zero attached hydrogens (tertiary/aromatic N) is 4. The second kappa shape index (κ2) is 6.25. The Morgan fingerprint density at radius 1 is 1.29 bits per heavy atom. The van der Waals surface area contributed by atoms with Crippen LogP contribution in [0.1, 0.15) is 23.7 Å². The monoisotopic (exact) mass is 348 g/mol. The number of aryl methyl sites for hydroxylation is 1. The van der Waals surface area contributed by atoms with E-state index in [1.807, 2.05) is 0 Å². The Labute approximate surface area is 139 Å². The number of nitro benzene ring substituents is 1. The lowest BCUT2D eigenvalue weighted by atomic mass is 10.1. The van der Waals surface area contributed by atoms with Crippen LogP contribution >= 0.6 is 0 Å². The molecule has 1 saturated heterocycles. The van der Waals surface area contributed by atoms with Crippen molar-refractivity contribution in [1.82, 2.24) is 14.3 Å². The van der Waals surface area contributed by atoms with E-state index in [0.29, 0.717) is 24.4 Å². The maximum Gasteiger partial charge on any atom is 0.270 e. The second-order valence-electron chi connectivity index (χ2n) is 5.66. The van der Waals surface area contributed by atoms with Crippen LogP contribution in [0.5, 0.6) is 0 Å². The molecule has 0 spiro atoms. The third kappa shape index (κ3) is 3.00. The highest BCUT2D eigenvalue weighted by Crippen LogP contribution is 2.31. The van der Waals surface area contributed by atoms with Crippen molar-refractivity contribution in [3.63, 3.8) is 0 Å². The van der Waals surface area contributed by atoms with E-state index in [2.05, 4.69) is 9.97 Å². The van der Waals surface area contributed by atoms with E-state index in [9.17, 15) is 18.5 Å². The summed E-state index contributed by atoms with van der Waals surface area (Å²) in [6.07, 6.45) is 3.88. The zero-order chi connectivity index (χ0) is 17.3. The molecule has 1 atom stereocenters. The molecule has 9 heteroatoms. The first-order valence-electron chi connectivity index (χ1n) is 7.41. The first kappa shape index (κ1) is 16.5. The Balaban J connectivity index is 1.90. The van der Waals surface area contributed by atoms with E-state index in [-0.39, 0.29) is 23.0 Å². The van der Waals surface area contributed by atoms with Gasteiger partial charge in [0.15, 0.2) is 0 Å². The Morgan fingerprint density at radius 2 is 2.00 bits per heavy atom. The molecule has 1 aliphatic rings. The highest BCUT2D eigenvalue weighted by Gasteiger charge is 2.35. The van der Waals surface area contributed by atoms with Crippen LogP contribution in [0, 0.1) is 17.0 Å². The highest BCUT2D eigenvalue weighted by atomic mass is 32.2. The highest BCUT2D eigenvalue weighted by molar-refractivity contribution is 7.89. The quantitative estimate of drug-likeness (QED) is 0.617. The SMILES string of the molecule is Cc1ccc([N+](=O)[O-])cc1S(=O)(=O)N1CCC(c2ncccn2)C1. The molecule has 2 heterocycles. The van der Waals surface area contributed by atoms with Gasteiger partial charge in [-0.25, -0.2) is 18.4 Å². The molecule has 126 valence electrons. The van der Waals surface area contributed by atoms with Crippen molar-refractivity contribution in [2.75, 3.05) is 13.1 Å². The number of sulfonamides is 1. The Kier molecular flexibility index (Phi) is 4.29. The number of hydrogen-bond acceptors (Lipinski definition) is 6. The van der Waals surface area contributed by atoms with Crippen molar-refractivity contribution < 1.29 is 13.3 Å². The van der Waals surface area contributed by atoms with Crippen LogP contribution in [0.25, 0.3) is 0 Å². The molecule has 3 rings (SSSR count). The van der Waals surface area contributed by atoms with Crippen molar-refractivity contribution in [2.45, 2.75) is 24.2 Å². The average molecular weight is 348 g/mol. The van der Waals surface area contributed by atoms with E-state index < -0.39 is 14.9 Å². The summed E-state index contributed by atoms with van der Waals surface area (Å²) in [5, 5.41) is 10.9. The van der Waals surface area contributed by atoms with Crippen LogP contribution in [0.2, 0.25) is 0 Å². The van der Waals surface area contributed by atoms with Gasteiger partial charge in [0.2, 0.25) is 10.0 Å². The van der Waals surface area contributed by atoms with Gasteiger partial charge in [-0.2, -0.15) is 4.31 Å². The molecular formula is C15H16N4O4S. The number of aromatic nitrogens is 2. The summed E-state index contributed by atoms with van der Waals surface area (Å²) < 4.78 is 27.1. The molecule has 0 aliphatic carbocycles. The van der Waals surface area contributed by atoms with E-state index in [1.54, 1.807) is 25.4 Å². The van der Waals surface area contributed by atoms with Crippen molar-refractivity contribution in [2.24, 2.45) is 0 Å². The van der Waals surface area contributed by atoms with E-state index in [1.165, 1.54) is 16.4 Å². The summed E-state index contributed by atoms with van der Waals surface area (Å²) in [7, 11) is -3.79. The Hall–Kier alpha value is -2.39. The van der Waals surface area contributed by atoms with Crippen LogP contribution in [0.4, 0.5) is 5.69 Å². The molecule has 0 bridgehead atoms. The summed E-state index contributed by atoms with van der Waals surface area (Å²) in [6, 6.07) is 5.59. The van der Waals surface area contributed by atoms with E-state index in [0.717, 1.165) is 6.07 Å². The summed E-state index contributed by atoms with van der Waals surface area (Å²) in [4.78, 5) is 18.7. The van der Waals surface area contributed by atoms with Gasteiger partial charge >= 0.3 is 0 Å². The van der Waals surface area contributed by atoms with Gasteiger partial charge in [0.05, 0.1) is 9.82 Å². The third-order valence-corrected chi connectivity index (χ3v) is 6.11. The fraction of sp³-hybridized carbons (Fsp3) is 0.333. The summed E-state index contributed by atoms with van der Waals surface area (Å²) in [5.41, 5.74) is 0.251. The zero-order valence-electron chi connectivity index (χ0n) is 13.0. The molecule has 0 amide bonds. The minimum Gasteiger partial charge on any atom is -0.258 e. The summed E-state index contributed by atoms with van der Waals surface area (Å²) in [5.74, 6) is 0.547. The van der Waals surface area contributed by atoms with Crippen LogP contribution in [0.15, 0.2) is 41.6 Å². The van der Waals surface area contributed by atoms with Gasteiger partial charge in [-0.05, 0) is 25.0 Å². The third-order valence-electron chi connectivity index (χ3n) is 4.10. The van der Waals surface area contributed by atoms with E-state index >= 15 is 0 Å². The minimum absolute atomic E-state index is 0.0219. The van der Waals surface area contributed by atoms with Crippen LogP contribution in [0.3, 0.4) is 0 Å². The Bertz CT molecular complexity index is 870. The van der Waals surface area contributed by atoms with Crippen LogP contribution in [-0.2, 0) is 10.0 Å². The smallest absolute Gasteiger partial charge is 0.258 e. The number of benzene rings is 1. The molecule has 1 aromatic heterocycles. The number of non-ortho nitro benzene ring substituents is 1. The van der Waals surface area contributed by atoms with Crippen LogP contribution in [-0.4, -0.2) is 40.7 Å². The zero-order valence-corrected chi connectivity index (χ0v) is 13.8. The van der Waals surface area contributed by atoms with Gasteiger partial charge in [0.1, 0.15) is 5.82 Å². The van der Waals surface area contributed by atoms with Crippen molar-refractivity contribution >= 4 is 15.7 Å². The minimum atomic E-state index is -3.79. The Morgan fingerprint density at radius 3 is 2.67 bits per heavy atom. The molecule has 1 aromatic carbocycles. The largest absolute Gasteiger partial charge is 0.270 e. The maximum absolute atomic E-state index is 12.9. The molecular weight excluding hydrogens is 332 g/mol. The molecule has 1 fully saturated rings. The standard InChI is InChI=1S/C15H16N4O4S/c1-11-3-4-13(19(20)21)9-14(11)24(22,23)18-8-5-12(10-18)15-16-6-2-7-17-15/h2-4,6-7,9,12H,5,8,10H2,1H3. The van der Waals surface area contributed by atoms with Gasteiger partial charge in [0, 0.05) is 43.5 Å². The van der Waals surface area contributed by atoms with Gasteiger partial charge < -0.3 is 0 Å². The molecule has 8 nitrogen and oxygen atoms in total. The predicted octanol–water partition coefficient (Wildman–Crippen LogP) is 1.87. The van der Waals surface area contributed by atoms with Crippen molar-refractivity contribution in [1.29, 1.82) is 0 Å². The van der Waals surface area contributed by atoms with Gasteiger partial charge in [-0.3, -0.25) is 10.1 Å². The molecule has 1 aliphatic heterocycles. The molecule has 0 saturated carbocycles. The number of nitro groups is 1. The van der Waals surface area contributed by atoms with Gasteiger partial charge in [0.25, 0.3) is 5.69 Å². The van der Waals surface area contributed by atoms with E-state index in [4.69, 9.17) is 0 Å². The first-order valence-corrected chi connectivity index (χ1v) is 8.85. The fourth-order valence-corrected chi connectivity index (χ4v) is 4.54. The topological polar surface area (TPSA) is 106 Å². The molecule has 2 aromatic rings. The molecule has 0 radical (unpaired) electrons. The lowest BCUT2D eigenvalue weighted by Gasteiger charge is -2.17. The van der Waals surface area contributed by atoms with Crippen molar-refractivity contribution in [3.8, 4) is 0 Å². The summed E-state index contributed by atoms with van der Waals surface area (Å²) >= 11 is 0. The molecule has 24 heavy (non-hydrogen) atoms. The average Bonchev–Trinajstić information content (AvgIpc) is 3.06. The lowest BCUT2D eigenvalue weighted by molar-refractivity contribution is -0.385. The number of rotatable bonds is 4. The normalized spacial score (nSPS) is 18.6. The first-order chi connectivity index (χ1) is 11.4. The van der Waals surface area contributed by atoms with Crippen molar-refractivity contribution in [3.05, 3.63) is 58.2 Å². The lowest BCUT2D eigenvalue weighted by Crippen LogP contribution is -2.29. The van der Waals surface area contributed by atoms with Crippen LogP contribution < -0.4 is 0 Å². The molecule has 1 unspecified atom stereocenters.